The van der Waals surface area contributed by atoms with E-state index in [0.29, 0.717) is 11.7 Å². The van der Waals surface area contributed by atoms with Crippen molar-refractivity contribution in [2.45, 2.75) is 27.3 Å². The summed E-state index contributed by atoms with van der Waals surface area (Å²) in [7, 11) is 2.09. The lowest BCUT2D eigenvalue weighted by molar-refractivity contribution is 0.284. The molecule has 1 rings (SSSR count). The lowest BCUT2D eigenvalue weighted by Crippen LogP contribution is -2.22. The Morgan fingerprint density at radius 1 is 1.33 bits per heavy atom. The number of aryl methyl sites for hydroxylation is 1. The molecule has 0 unspecified atom stereocenters. The number of hydrogen-bond acceptors (Lipinski definition) is 2. The second-order valence-electron chi connectivity index (χ2n) is 4.67. The lowest BCUT2D eigenvalue weighted by atomic mass is 10.1. The fraction of sp³-hybridized carbons (Fsp3) is 0.538. The molecule has 0 radical (unpaired) electrons. The quantitative estimate of drug-likeness (QED) is 0.820. The van der Waals surface area contributed by atoms with Gasteiger partial charge in [0.1, 0.15) is 5.75 Å². The van der Waals surface area contributed by atoms with Crippen molar-refractivity contribution in [1.82, 2.24) is 4.90 Å². The first kappa shape index (κ1) is 12.1. The van der Waals surface area contributed by atoms with E-state index in [1.54, 1.807) is 0 Å². The van der Waals surface area contributed by atoms with Crippen LogP contribution in [-0.4, -0.2) is 23.6 Å². The van der Waals surface area contributed by atoms with Crippen molar-refractivity contribution in [2.24, 2.45) is 5.92 Å². The molecular weight excluding hydrogens is 186 g/mol. The predicted octanol–water partition coefficient (Wildman–Crippen LogP) is 2.79. The Kier molecular flexibility index (Phi) is 4.15. The Bertz CT molecular complexity index is 320. The summed E-state index contributed by atoms with van der Waals surface area (Å²) in [5.74, 6) is 1.09. The molecule has 1 aromatic carbocycles. The number of rotatable bonds is 4. The Balaban J connectivity index is 2.68. The van der Waals surface area contributed by atoms with Crippen molar-refractivity contribution in [2.75, 3.05) is 13.6 Å². The van der Waals surface area contributed by atoms with Crippen LogP contribution in [0.15, 0.2) is 18.2 Å². The summed E-state index contributed by atoms with van der Waals surface area (Å²) in [4.78, 5) is 2.24. The summed E-state index contributed by atoms with van der Waals surface area (Å²) in [5.41, 5.74) is 1.96. The monoisotopic (exact) mass is 207 g/mol. The summed E-state index contributed by atoms with van der Waals surface area (Å²) in [6.07, 6.45) is 0. The van der Waals surface area contributed by atoms with Crippen molar-refractivity contribution >= 4 is 0 Å². The van der Waals surface area contributed by atoms with Gasteiger partial charge in [-0.2, -0.15) is 0 Å². The number of aromatic hydroxyl groups is 1. The molecule has 84 valence electrons. The lowest BCUT2D eigenvalue weighted by Gasteiger charge is -2.19. The van der Waals surface area contributed by atoms with E-state index in [-0.39, 0.29) is 0 Å². The summed E-state index contributed by atoms with van der Waals surface area (Å²) in [5, 5.41) is 9.85. The zero-order chi connectivity index (χ0) is 11.4. The Labute approximate surface area is 92.5 Å². The third-order valence-electron chi connectivity index (χ3n) is 2.44. The number of benzene rings is 1. The van der Waals surface area contributed by atoms with Crippen LogP contribution in [0.3, 0.4) is 0 Å². The molecule has 0 saturated heterocycles. The number of hydrogen-bond donors (Lipinski definition) is 1. The molecule has 1 aromatic rings. The normalized spacial score (nSPS) is 11.3. The number of para-hydroxylation sites is 1. The fourth-order valence-corrected chi connectivity index (χ4v) is 1.83. The second-order valence-corrected chi connectivity index (χ2v) is 4.67. The summed E-state index contributed by atoms with van der Waals surface area (Å²) >= 11 is 0. The zero-order valence-corrected chi connectivity index (χ0v) is 10.1. The van der Waals surface area contributed by atoms with Gasteiger partial charge in [-0.1, -0.05) is 32.0 Å². The van der Waals surface area contributed by atoms with Crippen LogP contribution >= 0.6 is 0 Å². The van der Waals surface area contributed by atoms with Crippen LogP contribution in [0.25, 0.3) is 0 Å². The molecule has 2 nitrogen and oxygen atoms in total. The van der Waals surface area contributed by atoms with Crippen molar-refractivity contribution in [3.63, 3.8) is 0 Å². The van der Waals surface area contributed by atoms with Gasteiger partial charge in [0.25, 0.3) is 0 Å². The van der Waals surface area contributed by atoms with Crippen molar-refractivity contribution in [3.8, 4) is 5.75 Å². The van der Waals surface area contributed by atoms with Gasteiger partial charge in [-0.3, -0.25) is 0 Å². The Morgan fingerprint density at radius 2 is 2.00 bits per heavy atom. The van der Waals surface area contributed by atoms with E-state index in [4.69, 9.17) is 0 Å². The molecule has 15 heavy (non-hydrogen) atoms. The van der Waals surface area contributed by atoms with Gasteiger partial charge in [-0.05, 0) is 25.5 Å². The molecule has 2 heteroatoms. The van der Waals surface area contributed by atoms with Gasteiger partial charge in [-0.15, -0.1) is 0 Å². The molecule has 0 heterocycles. The molecule has 0 aliphatic heterocycles. The predicted molar refractivity (Wildman–Crippen MR) is 64.0 cm³/mol. The highest BCUT2D eigenvalue weighted by atomic mass is 16.3. The highest BCUT2D eigenvalue weighted by molar-refractivity contribution is 5.39. The van der Waals surface area contributed by atoms with Gasteiger partial charge in [0.15, 0.2) is 0 Å². The van der Waals surface area contributed by atoms with E-state index in [1.165, 1.54) is 0 Å². The van der Waals surface area contributed by atoms with Crippen LogP contribution in [0.2, 0.25) is 0 Å². The molecule has 0 spiro atoms. The van der Waals surface area contributed by atoms with Gasteiger partial charge < -0.3 is 10.0 Å². The average molecular weight is 207 g/mol. The first-order valence-electron chi connectivity index (χ1n) is 5.46. The van der Waals surface area contributed by atoms with E-state index in [0.717, 1.165) is 24.2 Å². The highest BCUT2D eigenvalue weighted by Gasteiger charge is 2.07. The minimum Gasteiger partial charge on any atom is -0.507 e. The Hall–Kier alpha value is -1.02. The van der Waals surface area contributed by atoms with Crippen molar-refractivity contribution in [1.29, 1.82) is 0 Å². The van der Waals surface area contributed by atoms with Crippen LogP contribution in [0.4, 0.5) is 0 Å². The van der Waals surface area contributed by atoms with Crippen LogP contribution in [0.5, 0.6) is 5.75 Å². The number of phenolic OH excluding ortho intramolecular Hbond substituents is 1. The molecule has 0 aliphatic rings. The molecular formula is C13H21NO. The first-order valence-corrected chi connectivity index (χ1v) is 5.46. The molecule has 1 N–H and O–H groups in total. The highest BCUT2D eigenvalue weighted by Crippen LogP contribution is 2.22. The van der Waals surface area contributed by atoms with Crippen LogP contribution in [0, 0.1) is 12.8 Å². The third kappa shape index (κ3) is 3.56. The van der Waals surface area contributed by atoms with Crippen molar-refractivity contribution < 1.29 is 5.11 Å². The topological polar surface area (TPSA) is 23.5 Å². The van der Waals surface area contributed by atoms with Gasteiger partial charge in [0, 0.05) is 18.7 Å². The summed E-state index contributed by atoms with van der Waals surface area (Å²) in [6.45, 7) is 8.19. The SMILES string of the molecule is Cc1cccc(CN(C)CC(C)C)c1O. The third-order valence-corrected chi connectivity index (χ3v) is 2.44. The van der Waals surface area contributed by atoms with Crippen LogP contribution in [-0.2, 0) is 6.54 Å². The molecule has 0 fully saturated rings. The number of phenols is 1. The van der Waals surface area contributed by atoms with Gasteiger partial charge in [0.2, 0.25) is 0 Å². The van der Waals surface area contributed by atoms with Crippen LogP contribution in [0.1, 0.15) is 25.0 Å². The smallest absolute Gasteiger partial charge is 0.122 e. The van der Waals surface area contributed by atoms with E-state index >= 15 is 0 Å². The Morgan fingerprint density at radius 3 is 2.60 bits per heavy atom. The van der Waals surface area contributed by atoms with E-state index in [9.17, 15) is 5.11 Å². The molecule has 0 saturated carbocycles. The summed E-state index contributed by atoms with van der Waals surface area (Å²) < 4.78 is 0. The molecule has 0 bridgehead atoms. The van der Waals surface area contributed by atoms with E-state index in [1.807, 2.05) is 25.1 Å². The molecule has 0 atom stereocenters. The largest absolute Gasteiger partial charge is 0.507 e. The van der Waals surface area contributed by atoms with E-state index in [2.05, 4.69) is 25.8 Å². The fourth-order valence-electron chi connectivity index (χ4n) is 1.83. The summed E-state index contributed by atoms with van der Waals surface area (Å²) in [6, 6.07) is 5.91. The standard InChI is InChI=1S/C13H21NO/c1-10(2)8-14(4)9-12-7-5-6-11(3)13(12)15/h5-7,10,15H,8-9H2,1-4H3. The minimum atomic E-state index is 0.438. The zero-order valence-electron chi connectivity index (χ0n) is 10.1. The average Bonchev–Trinajstić information content (AvgIpc) is 2.11. The number of nitrogens with zero attached hydrogens (tertiary/aromatic N) is 1. The van der Waals surface area contributed by atoms with Gasteiger partial charge in [-0.25, -0.2) is 0 Å². The molecule has 0 amide bonds. The maximum Gasteiger partial charge on any atom is 0.122 e. The molecule has 0 aliphatic carbocycles. The molecule has 0 aromatic heterocycles. The minimum absolute atomic E-state index is 0.438. The maximum absolute atomic E-state index is 9.85. The maximum atomic E-state index is 9.85. The van der Waals surface area contributed by atoms with Gasteiger partial charge in [0.05, 0.1) is 0 Å². The van der Waals surface area contributed by atoms with Crippen LogP contribution < -0.4 is 0 Å². The van der Waals surface area contributed by atoms with E-state index < -0.39 is 0 Å². The van der Waals surface area contributed by atoms with Crippen molar-refractivity contribution in [3.05, 3.63) is 29.3 Å². The van der Waals surface area contributed by atoms with Gasteiger partial charge >= 0.3 is 0 Å². The first-order chi connectivity index (χ1) is 7.00. The second kappa shape index (κ2) is 5.17.